The molecule has 0 fully saturated rings. The second-order valence-electron chi connectivity index (χ2n) is 5.75. The molecule has 128 valence electrons. The van der Waals surface area contributed by atoms with Gasteiger partial charge in [-0.1, -0.05) is 46.3 Å². The number of hydrogen-bond acceptors (Lipinski definition) is 3. The number of halogens is 1. The van der Waals surface area contributed by atoms with E-state index >= 15 is 0 Å². The number of ether oxygens (including phenoxy) is 1. The van der Waals surface area contributed by atoms with E-state index < -0.39 is 0 Å². The Morgan fingerprint density at radius 3 is 1.88 bits per heavy atom. The predicted octanol–water partition coefficient (Wildman–Crippen LogP) is 5.37. The summed E-state index contributed by atoms with van der Waals surface area (Å²) < 4.78 is 8.36. The molecule has 0 saturated heterocycles. The highest BCUT2D eigenvalue weighted by Crippen LogP contribution is 2.29. The minimum Gasteiger partial charge on any atom is -0.497 e. The van der Waals surface area contributed by atoms with Crippen LogP contribution in [0.5, 0.6) is 5.75 Å². The number of hydrogen-bond donors (Lipinski definition) is 0. The van der Waals surface area contributed by atoms with Gasteiger partial charge in [0, 0.05) is 21.3 Å². The fourth-order valence-electron chi connectivity index (χ4n) is 2.82. The fourth-order valence-corrected chi connectivity index (χ4v) is 3.08. The maximum Gasteiger partial charge on any atom is 0.168 e. The first-order valence-electron chi connectivity index (χ1n) is 8.17. The Morgan fingerprint density at radius 2 is 1.31 bits per heavy atom. The van der Waals surface area contributed by atoms with Crippen molar-refractivity contribution in [2.45, 2.75) is 0 Å². The second-order valence-corrected chi connectivity index (χ2v) is 6.67. The van der Waals surface area contributed by atoms with Gasteiger partial charge in [0.05, 0.1) is 7.11 Å². The van der Waals surface area contributed by atoms with Gasteiger partial charge in [-0.25, -0.2) is 0 Å². The lowest BCUT2D eigenvalue weighted by Gasteiger charge is -2.11. The van der Waals surface area contributed by atoms with Crippen LogP contribution in [0.3, 0.4) is 0 Å². The molecule has 4 aromatic rings. The summed E-state index contributed by atoms with van der Waals surface area (Å²) in [7, 11) is 1.66. The van der Waals surface area contributed by atoms with Gasteiger partial charge in [0.2, 0.25) is 0 Å². The smallest absolute Gasteiger partial charge is 0.168 e. The number of aromatic nitrogens is 3. The van der Waals surface area contributed by atoms with Crippen LogP contribution in [0.4, 0.5) is 0 Å². The van der Waals surface area contributed by atoms with Crippen molar-refractivity contribution in [2.24, 2.45) is 0 Å². The molecule has 0 aliphatic carbocycles. The first-order valence-corrected chi connectivity index (χ1v) is 8.97. The monoisotopic (exact) mass is 405 g/mol. The second kappa shape index (κ2) is 7.14. The van der Waals surface area contributed by atoms with Crippen molar-refractivity contribution in [1.82, 2.24) is 14.8 Å². The van der Waals surface area contributed by atoms with Gasteiger partial charge in [0.1, 0.15) is 5.75 Å². The molecule has 5 heteroatoms. The molecule has 0 saturated carbocycles. The zero-order chi connectivity index (χ0) is 17.9. The van der Waals surface area contributed by atoms with E-state index in [0.717, 1.165) is 38.7 Å². The largest absolute Gasteiger partial charge is 0.497 e. The Kier molecular flexibility index (Phi) is 4.54. The molecule has 4 rings (SSSR count). The molecule has 0 bridgehead atoms. The summed E-state index contributed by atoms with van der Waals surface area (Å²) in [6.45, 7) is 0. The van der Waals surface area contributed by atoms with Gasteiger partial charge in [-0.3, -0.25) is 4.57 Å². The number of methoxy groups -OCH3 is 1. The third-order valence-corrected chi connectivity index (χ3v) is 4.66. The fraction of sp³-hybridized carbons (Fsp3) is 0.0476. The summed E-state index contributed by atoms with van der Waals surface area (Å²) in [5.41, 5.74) is 2.99. The van der Waals surface area contributed by atoms with Gasteiger partial charge in [0.15, 0.2) is 11.6 Å². The maximum absolute atomic E-state index is 5.26. The van der Waals surface area contributed by atoms with Crippen LogP contribution in [0.1, 0.15) is 0 Å². The number of rotatable bonds is 4. The summed E-state index contributed by atoms with van der Waals surface area (Å²) in [6, 6.07) is 26.0. The van der Waals surface area contributed by atoms with Crippen LogP contribution in [-0.4, -0.2) is 21.9 Å². The Labute approximate surface area is 160 Å². The molecule has 0 amide bonds. The molecule has 4 nitrogen and oxygen atoms in total. The molecule has 0 atom stereocenters. The van der Waals surface area contributed by atoms with E-state index in [1.54, 1.807) is 7.11 Å². The van der Waals surface area contributed by atoms with E-state index in [2.05, 4.69) is 30.7 Å². The summed E-state index contributed by atoms with van der Waals surface area (Å²) in [5.74, 6) is 2.40. The van der Waals surface area contributed by atoms with Crippen LogP contribution in [0, 0.1) is 0 Å². The Hall–Kier alpha value is -2.92. The van der Waals surface area contributed by atoms with E-state index in [4.69, 9.17) is 4.74 Å². The molecule has 0 aliphatic rings. The van der Waals surface area contributed by atoms with E-state index in [9.17, 15) is 0 Å². The molecule has 0 spiro atoms. The zero-order valence-corrected chi connectivity index (χ0v) is 15.7. The highest BCUT2D eigenvalue weighted by molar-refractivity contribution is 9.10. The quantitative estimate of drug-likeness (QED) is 0.457. The molecule has 0 radical (unpaired) electrons. The predicted molar refractivity (Wildman–Crippen MR) is 106 cm³/mol. The first kappa shape index (κ1) is 16.5. The summed E-state index contributed by atoms with van der Waals surface area (Å²) in [6.07, 6.45) is 0. The Bertz CT molecular complexity index is 1010. The van der Waals surface area contributed by atoms with Gasteiger partial charge in [-0.2, -0.15) is 0 Å². The molecule has 0 unspecified atom stereocenters. The normalized spacial score (nSPS) is 10.7. The van der Waals surface area contributed by atoms with Crippen molar-refractivity contribution in [3.63, 3.8) is 0 Å². The average Bonchev–Trinajstić information content (AvgIpc) is 3.14. The van der Waals surface area contributed by atoms with Crippen LogP contribution in [0.25, 0.3) is 28.5 Å². The molecule has 3 aromatic carbocycles. The lowest BCUT2D eigenvalue weighted by atomic mass is 10.1. The van der Waals surface area contributed by atoms with E-state index in [-0.39, 0.29) is 0 Å². The molecular formula is C21H16BrN3O. The third kappa shape index (κ3) is 3.13. The summed E-state index contributed by atoms with van der Waals surface area (Å²) >= 11 is 3.50. The molecular weight excluding hydrogens is 390 g/mol. The summed E-state index contributed by atoms with van der Waals surface area (Å²) in [4.78, 5) is 0. The average molecular weight is 406 g/mol. The number of nitrogens with zero attached hydrogens (tertiary/aromatic N) is 3. The van der Waals surface area contributed by atoms with Crippen LogP contribution in [0.2, 0.25) is 0 Å². The minimum atomic E-state index is 0.786. The standard InChI is InChI=1S/C21H16BrN3O/c1-26-19-13-7-16(8-14-19)21-24-23-20(15-5-3-2-4-6-15)25(21)18-11-9-17(22)10-12-18/h2-14H,1H3. The third-order valence-electron chi connectivity index (χ3n) is 4.13. The van der Waals surface area contributed by atoms with Gasteiger partial charge in [-0.15, -0.1) is 10.2 Å². The van der Waals surface area contributed by atoms with E-state index in [1.807, 2.05) is 78.9 Å². The topological polar surface area (TPSA) is 39.9 Å². The highest BCUT2D eigenvalue weighted by atomic mass is 79.9. The van der Waals surface area contributed by atoms with Gasteiger partial charge in [-0.05, 0) is 48.5 Å². The van der Waals surface area contributed by atoms with Crippen LogP contribution in [-0.2, 0) is 0 Å². The zero-order valence-electron chi connectivity index (χ0n) is 14.1. The van der Waals surface area contributed by atoms with Crippen molar-refractivity contribution < 1.29 is 4.74 Å². The van der Waals surface area contributed by atoms with Gasteiger partial charge >= 0.3 is 0 Å². The van der Waals surface area contributed by atoms with Gasteiger partial charge < -0.3 is 4.74 Å². The lowest BCUT2D eigenvalue weighted by molar-refractivity contribution is 0.415. The van der Waals surface area contributed by atoms with Crippen molar-refractivity contribution in [3.8, 4) is 34.2 Å². The maximum atomic E-state index is 5.26. The van der Waals surface area contributed by atoms with Gasteiger partial charge in [0.25, 0.3) is 0 Å². The van der Waals surface area contributed by atoms with Crippen LogP contribution >= 0.6 is 15.9 Å². The molecule has 0 aliphatic heterocycles. The summed E-state index contributed by atoms with van der Waals surface area (Å²) in [5, 5.41) is 8.95. The van der Waals surface area contributed by atoms with Crippen LogP contribution in [0.15, 0.2) is 83.3 Å². The van der Waals surface area contributed by atoms with Crippen molar-refractivity contribution in [1.29, 1.82) is 0 Å². The molecule has 26 heavy (non-hydrogen) atoms. The molecule has 1 heterocycles. The van der Waals surface area contributed by atoms with Crippen molar-refractivity contribution in [2.75, 3.05) is 7.11 Å². The molecule has 1 aromatic heterocycles. The minimum absolute atomic E-state index is 0.786. The lowest BCUT2D eigenvalue weighted by Crippen LogP contribution is -2.00. The Balaban J connectivity index is 1.91. The van der Waals surface area contributed by atoms with E-state index in [0.29, 0.717) is 0 Å². The SMILES string of the molecule is COc1ccc(-c2nnc(-c3ccccc3)n2-c2ccc(Br)cc2)cc1. The number of benzene rings is 3. The molecule has 0 N–H and O–H groups in total. The van der Waals surface area contributed by atoms with Crippen molar-refractivity contribution in [3.05, 3.63) is 83.3 Å². The first-order chi connectivity index (χ1) is 12.8. The van der Waals surface area contributed by atoms with E-state index in [1.165, 1.54) is 0 Å². The van der Waals surface area contributed by atoms with Crippen LogP contribution < -0.4 is 4.74 Å². The van der Waals surface area contributed by atoms with Crippen molar-refractivity contribution >= 4 is 15.9 Å². The highest BCUT2D eigenvalue weighted by Gasteiger charge is 2.17. The Morgan fingerprint density at radius 1 is 0.731 bits per heavy atom.